The van der Waals surface area contributed by atoms with Crippen LogP contribution in [0.25, 0.3) is 0 Å². The molecule has 2 heterocycles. The van der Waals surface area contributed by atoms with Crippen LogP contribution in [0.2, 0.25) is 0 Å². The van der Waals surface area contributed by atoms with Crippen molar-refractivity contribution in [3.63, 3.8) is 0 Å². The number of tetrazole rings is 1. The summed E-state index contributed by atoms with van der Waals surface area (Å²) in [5.74, 6) is -2.21. The zero-order valence-corrected chi connectivity index (χ0v) is 12.6. The highest BCUT2D eigenvalue weighted by molar-refractivity contribution is 5.94. The summed E-state index contributed by atoms with van der Waals surface area (Å²) >= 11 is 0. The number of halogens is 2. The van der Waals surface area contributed by atoms with E-state index in [4.69, 9.17) is 0 Å². The van der Waals surface area contributed by atoms with E-state index in [1.165, 1.54) is 15.9 Å². The molecule has 1 aromatic carbocycles. The molecular formula is C14H14F2N6O2. The Morgan fingerprint density at radius 1 is 1.00 bits per heavy atom. The van der Waals surface area contributed by atoms with Crippen molar-refractivity contribution in [1.82, 2.24) is 30.0 Å². The highest BCUT2D eigenvalue weighted by atomic mass is 19.1. The molecule has 2 aromatic rings. The minimum absolute atomic E-state index is 0.0239. The standard InChI is InChI=1S/C14H14F2N6O2/c15-11-5-10(6-12(16)7-11)14(24)21-3-1-20(2-4-21)13(23)8-22-9-17-18-19-22/h5-7,9H,1-4,8H2. The summed E-state index contributed by atoms with van der Waals surface area (Å²) in [7, 11) is 0. The molecule has 0 radical (unpaired) electrons. The minimum Gasteiger partial charge on any atom is -0.338 e. The predicted molar refractivity (Wildman–Crippen MR) is 76.7 cm³/mol. The Kier molecular flexibility index (Phi) is 4.45. The van der Waals surface area contributed by atoms with Crippen LogP contribution in [0.4, 0.5) is 8.78 Å². The van der Waals surface area contributed by atoms with Crippen LogP contribution in [0.5, 0.6) is 0 Å². The maximum atomic E-state index is 13.2. The molecule has 126 valence electrons. The van der Waals surface area contributed by atoms with Crippen molar-refractivity contribution in [2.75, 3.05) is 26.2 Å². The van der Waals surface area contributed by atoms with Gasteiger partial charge in [0.15, 0.2) is 0 Å². The molecule has 3 rings (SSSR count). The molecule has 0 N–H and O–H groups in total. The number of carbonyl (C=O) groups is 2. The lowest BCUT2D eigenvalue weighted by Crippen LogP contribution is -2.51. The number of aromatic nitrogens is 4. The molecule has 2 amide bonds. The fraction of sp³-hybridized carbons (Fsp3) is 0.357. The fourth-order valence-corrected chi connectivity index (χ4v) is 2.51. The summed E-state index contributed by atoms with van der Waals surface area (Å²) in [5, 5.41) is 10.5. The molecule has 10 heteroatoms. The van der Waals surface area contributed by atoms with E-state index >= 15 is 0 Å². The molecule has 1 fully saturated rings. The molecule has 1 aliphatic heterocycles. The molecule has 0 spiro atoms. The van der Waals surface area contributed by atoms with Crippen molar-refractivity contribution in [3.8, 4) is 0 Å². The van der Waals surface area contributed by atoms with Crippen molar-refractivity contribution in [1.29, 1.82) is 0 Å². The molecule has 0 aliphatic carbocycles. The van der Waals surface area contributed by atoms with Crippen molar-refractivity contribution in [2.45, 2.75) is 6.54 Å². The van der Waals surface area contributed by atoms with E-state index in [1.807, 2.05) is 0 Å². The molecule has 24 heavy (non-hydrogen) atoms. The van der Waals surface area contributed by atoms with E-state index in [9.17, 15) is 18.4 Å². The predicted octanol–water partition coefficient (Wildman–Crippen LogP) is -0.0641. The second-order valence-electron chi connectivity index (χ2n) is 5.34. The average Bonchev–Trinajstić information content (AvgIpc) is 3.06. The lowest BCUT2D eigenvalue weighted by Gasteiger charge is -2.34. The van der Waals surface area contributed by atoms with Crippen LogP contribution in [0, 0.1) is 11.6 Å². The van der Waals surface area contributed by atoms with Gasteiger partial charge in [-0.1, -0.05) is 0 Å². The number of hydrogen-bond acceptors (Lipinski definition) is 5. The van der Waals surface area contributed by atoms with Gasteiger partial charge in [-0.2, -0.15) is 0 Å². The number of amides is 2. The van der Waals surface area contributed by atoms with E-state index in [2.05, 4.69) is 15.5 Å². The quantitative estimate of drug-likeness (QED) is 0.784. The molecule has 0 atom stereocenters. The molecule has 0 saturated carbocycles. The van der Waals surface area contributed by atoms with Gasteiger partial charge in [-0.25, -0.2) is 13.5 Å². The van der Waals surface area contributed by atoms with Crippen LogP contribution in [0.15, 0.2) is 24.5 Å². The topological polar surface area (TPSA) is 84.2 Å². The first-order valence-corrected chi connectivity index (χ1v) is 7.27. The smallest absolute Gasteiger partial charge is 0.254 e. The average molecular weight is 336 g/mol. The van der Waals surface area contributed by atoms with Crippen molar-refractivity contribution < 1.29 is 18.4 Å². The maximum Gasteiger partial charge on any atom is 0.254 e. The van der Waals surface area contributed by atoms with Gasteiger partial charge in [0.05, 0.1) is 0 Å². The summed E-state index contributed by atoms with van der Waals surface area (Å²) in [6.45, 7) is 1.28. The first-order valence-electron chi connectivity index (χ1n) is 7.27. The Bertz CT molecular complexity index is 723. The Labute approximate surface area is 135 Å². The number of nitrogens with zero attached hydrogens (tertiary/aromatic N) is 6. The highest BCUT2D eigenvalue weighted by Crippen LogP contribution is 2.13. The van der Waals surface area contributed by atoms with E-state index in [1.54, 1.807) is 4.90 Å². The summed E-state index contributed by atoms with van der Waals surface area (Å²) in [4.78, 5) is 27.5. The van der Waals surface area contributed by atoms with Crippen LogP contribution in [-0.2, 0) is 11.3 Å². The lowest BCUT2D eigenvalue weighted by molar-refractivity contribution is -0.133. The highest BCUT2D eigenvalue weighted by Gasteiger charge is 2.25. The van der Waals surface area contributed by atoms with Crippen LogP contribution < -0.4 is 0 Å². The molecular weight excluding hydrogens is 322 g/mol. The zero-order chi connectivity index (χ0) is 17.1. The van der Waals surface area contributed by atoms with Gasteiger partial charge in [0.1, 0.15) is 24.5 Å². The third-order valence-corrected chi connectivity index (χ3v) is 3.72. The second-order valence-corrected chi connectivity index (χ2v) is 5.34. The molecule has 1 aromatic heterocycles. The molecule has 1 saturated heterocycles. The van der Waals surface area contributed by atoms with Crippen molar-refractivity contribution in [2.24, 2.45) is 0 Å². The largest absolute Gasteiger partial charge is 0.338 e. The summed E-state index contributed by atoms with van der Waals surface area (Å²) < 4.78 is 27.8. The number of benzene rings is 1. The number of piperazine rings is 1. The Hall–Kier alpha value is -2.91. The van der Waals surface area contributed by atoms with E-state index in [-0.39, 0.29) is 31.1 Å². The van der Waals surface area contributed by atoms with Gasteiger partial charge in [-0.05, 0) is 22.6 Å². The Morgan fingerprint density at radius 2 is 1.62 bits per heavy atom. The normalized spacial score (nSPS) is 14.8. The second kappa shape index (κ2) is 6.69. The molecule has 1 aliphatic rings. The van der Waals surface area contributed by atoms with Gasteiger partial charge in [0.25, 0.3) is 5.91 Å². The van der Waals surface area contributed by atoms with Crippen LogP contribution in [0.1, 0.15) is 10.4 Å². The number of carbonyl (C=O) groups excluding carboxylic acids is 2. The van der Waals surface area contributed by atoms with E-state index < -0.39 is 17.5 Å². The number of hydrogen-bond donors (Lipinski definition) is 0. The Morgan fingerprint density at radius 3 is 2.21 bits per heavy atom. The summed E-state index contributed by atoms with van der Waals surface area (Å²) in [6.07, 6.45) is 1.34. The van der Waals surface area contributed by atoms with Gasteiger partial charge in [-0.15, -0.1) is 5.10 Å². The minimum atomic E-state index is -0.798. The first-order chi connectivity index (χ1) is 11.5. The van der Waals surface area contributed by atoms with Crippen LogP contribution in [0.3, 0.4) is 0 Å². The third-order valence-electron chi connectivity index (χ3n) is 3.72. The lowest BCUT2D eigenvalue weighted by atomic mass is 10.1. The third kappa shape index (κ3) is 3.53. The molecule has 8 nitrogen and oxygen atoms in total. The van der Waals surface area contributed by atoms with Crippen LogP contribution in [-0.4, -0.2) is 68.0 Å². The van der Waals surface area contributed by atoms with Gasteiger partial charge in [0, 0.05) is 37.8 Å². The van der Waals surface area contributed by atoms with E-state index in [0.29, 0.717) is 19.2 Å². The Balaban J connectivity index is 1.58. The van der Waals surface area contributed by atoms with Gasteiger partial charge in [0.2, 0.25) is 5.91 Å². The number of rotatable bonds is 3. The van der Waals surface area contributed by atoms with Gasteiger partial charge in [-0.3, -0.25) is 9.59 Å². The van der Waals surface area contributed by atoms with Gasteiger partial charge >= 0.3 is 0 Å². The SMILES string of the molecule is O=C(Cn1cnnn1)N1CCN(C(=O)c2cc(F)cc(F)c2)CC1. The molecule has 0 bridgehead atoms. The van der Waals surface area contributed by atoms with Gasteiger partial charge < -0.3 is 9.80 Å². The fourth-order valence-electron chi connectivity index (χ4n) is 2.51. The van der Waals surface area contributed by atoms with Crippen LogP contribution >= 0.6 is 0 Å². The first kappa shape index (κ1) is 16.0. The van der Waals surface area contributed by atoms with E-state index in [0.717, 1.165) is 12.1 Å². The maximum absolute atomic E-state index is 13.2. The summed E-state index contributed by atoms with van der Waals surface area (Å²) in [5.41, 5.74) is -0.0408. The van der Waals surface area contributed by atoms with Crippen molar-refractivity contribution >= 4 is 11.8 Å². The monoisotopic (exact) mass is 336 g/mol. The zero-order valence-electron chi connectivity index (χ0n) is 12.6. The van der Waals surface area contributed by atoms with Crippen molar-refractivity contribution in [3.05, 3.63) is 41.7 Å². The summed E-state index contributed by atoms with van der Waals surface area (Å²) in [6, 6.07) is 2.72. The molecule has 0 unspecified atom stereocenters.